The van der Waals surface area contributed by atoms with E-state index in [4.69, 9.17) is 14.2 Å². The second kappa shape index (κ2) is 11.6. The summed E-state index contributed by atoms with van der Waals surface area (Å²) in [6.07, 6.45) is 4.83. The number of likely N-dealkylation sites (tertiary alicyclic amines) is 1. The van der Waals surface area contributed by atoms with E-state index in [9.17, 15) is 24.0 Å². The van der Waals surface area contributed by atoms with Crippen LogP contribution < -0.4 is 14.8 Å². The number of carbonyl (C=O) groups is 5. The number of methoxy groups -OCH3 is 2. The average molecular weight is 597 g/mol. The molecule has 1 unspecified atom stereocenters. The van der Waals surface area contributed by atoms with Gasteiger partial charge in [-0.25, -0.2) is 0 Å². The molecule has 43 heavy (non-hydrogen) atoms. The van der Waals surface area contributed by atoms with Crippen LogP contribution >= 0.6 is 0 Å². The Morgan fingerprint density at radius 1 is 0.977 bits per heavy atom. The van der Waals surface area contributed by atoms with Crippen molar-refractivity contribution in [1.29, 1.82) is 0 Å². The topological polar surface area (TPSA) is 138 Å². The molecule has 3 aliphatic carbocycles. The van der Waals surface area contributed by atoms with E-state index < -0.39 is 29.0 Å². The molecule has 2 saturated carbocycles. The van der Waals surface area contributed by atoms with E-state index in [1.165, 1.54) is 27.1 Å². The number of nitrogens with zero attached hydrogens (tertiary/aromatic N) is 1. The number of rotatable bonds is 12. The Labute approximate surface area is 250 Å². The number of hydrogen-bond acceptors (Lipinski definition) is 10. The van der Waals surface area contributed by atoms with Gasteiger partial charge in [-0.1, -0.05) is 6.07 Å². The third kappa shape index (κ3) is 5.09. The van der Waals surface area contributed by atoms with Gasteiger partial charge in [0.05, 0.1) is 25.2 Å². The Kier molecular flexibility index (Phi) is 7.95. The van der Waals surface area contributed by atoms with Crippen LogP contribution in [0.25, 0.3) is 0 Å². The summed E-state index contributed by atoms with van der Waals surface area (Å²) in [6, 6.07) is 3.69. The van der Waals surface area contributed by atoms with Crippen LogP contribution in [-0.2, 0) is 45.3 Å². The fraction of sp³-hybridized carbons (Fsp3) is 0.656. The lowest BCUT2D eigenvalue weighted by Crippen LogP contribution is -2.81. The van der Waals surface area contributed by atoms with E-state index in [1.807, 2.05) is 6.07 Å². The average Bonchev–Trinajstić information content (AvgIpc) is 3.73. The number of piperidine rings is 1. The van der Waals surface area contributed by atoms with Crippen LogP contribution in [0.3, 0.4) is 0 Å². The first-order valence-electron chi connectivity index (χ1n) is 15.5. The zero-order chi connectivity index (χ0) is 30.4. The number of nitrogens with one attached hydrogen (secondary N) is 1. The van der Waals surface area contributed by atoms with Gasteiger partial charge in [0.1, 0.15) is 0 Å². The lowest BCUT2D eigenvalue weighted by Gasteiger charge is -2.65. The van der Waals surface area contributed by atoms with Crippen LogP contribution in [0.4, 0.5) is 0 Å². The zero-order valence-corrected chi connectivity index (χ0v) is 24.9. The number of hydrogen-bond donors (Lipinski definition) is 1. The minimum absolute atomic E-state index is 0.00985. The van der Waals surface area contributed by atoms with Gasteiger partial charge in [0.25, 0.3) is 0 Å². The SMILES string of the molecule is COC(=O)CCCC(=O)N[C@@]12CCC(=O)C3Oc4c(OC(=O)CCCC(=O)OC)ccc5c4[C@@]31CCN(CC1CC1)[C@@H]2C5. The van der Waals surface area contributed by atoms with Crippen molar-refractivity contribution in [3.8, 4) is 11.5 Å². The maximum Gasteiger partial charge on any atom is 0.311 e. The van der Waals surface area contributed by atoms with E-state index in [-0.39, 0.29) is 61.6 Å². The normalized spacial score (nSPS) is 28.4. The number of Topliss-reactive ketones (excluding diaryl/α,β-unsaturated/α-hetero) is 1. The van der Waals surface area contributed by atoms with Crippen LogP contribution in [0.15, 0.2) is 12.1 Å². The summed E-state index contributed by atoms with van der Waals surface area (Å²) in [7, 11) is 2.64. The molecular weight excluding hydrogens is 556 g/mol. The zero-order valence-electron chi connectivity index (χ0n) is 24.9. The third-order valence-electron chi connectivity index (χ3n) is 10.2. The number of amides is 1. The van der Waals surface area contributed by atoms with Crippen LogP contribution in [-0.4, -0.2) is 79.5 Å². The van der Waals surface area contributed by atoms with Crippen molar-refractivity contribution in [1.82, 2.24) is 10.2 Å². The van der Waals surface area contributed by atoms with Crippen molar-refractivity contribution in [3.63, 3.8) is 0 Å². The molecule has 1 amide bonds. The molecule has 11 nitrogen and oxygen atoms in total. The Balaban J connectivity index is 1.34. The van der Waals surface area contributed by atoms with Gasteiger partial charge in [-0.15, -0.1) is 0 Å². The molecule has 3 fully saturated rings. The lowest BCUT2D eigenvalue weighted by atomic mass is 9.47. The molecule has 2 heterocycles. The van der Waals surface area contributed by atoms with Crippen molar-refractivity contribution in [2.24, 2.45) is 5.92 Å². The predicted octanol–water partition coefficient (Wildman–Crippen LogP) is 2.54. The Hall–Kier alpha value is -3.47. The lowest BCUT2D eigenvalue weighted by molar-refractivity contribution is -0.150. The van der Waals surface area contributed by atoms with Crippen molar-refractivity contribution in [2.45, 2.75) is 100 Å². The molecule has 2 bridgehead atoms. The van der Waals surface area contributed by atoms with E-state index in [1.54, 1.807) is 6.07 Å². The third-order valence-corrected chi connectivity index (χ3v) is 10.2. The number of esters is 3. The number of benzene rings is 1. The summed E-state index contributed by atoms with van der Waals surface area (Å²) in [4.78, 5) is 65.6. The van der Waals surface area contributed by atoms with Gasteiger partial charge in [0.2, 0.25) is 5.91 Å². The molecule has 2 aliphatic heterocycles. The minimum atomic E-state index is -0.796. The van der Waals surface area contributed by atoms with Crippen LogP contribution in [0.2, 0.25) is 0 Å². The van der Waals surface area contributed by atoms with E-state index in [2.05, 4.69) is 15.0 Å². The Bertz CT molecular complexity index is 1340. The summed E-state index contributed by atoms with van der Waals surface area (Å²) in [5.74, 6) is -0.0806. The fourth-order valence-electron chi connectivity index (χ4n) is 8.09. The first-order chi connectivity index (χ1) is 20.7. The van der Waals surface area contributed by atoms with Crippen molar-refractivity contribution < 1.29 is 42.9 Å². The molecule has 0 radical (unpaired) electrons. The van der Waals surface area contributed by atoms with Gasteiger partial charge >= 0.3 is 17.9 Å². The molecule has 11 heteroatoms. The van der Waals surface area contributed by atoms with Gasteiger partial charge in [-0.2, -0.15) is 0 Å². The van der Waals surface area contributed by atoms with E-state index >= 15 is 0 Å². The van der Waals surface area contributed by atoms with Crippen molar-refractivity contribution in [3.05, 3.63) is 23.3 Å². The highest BCUT2D eigenvalue weighted by molar-refractivity contribution is 5.91. The Morgan fingerprint density at radius 3 is 2.37 bits per heavy atom. The van der Waals surface area contributed by atoms with Crippen LogP contribution in [0.5, 0.6) is 11.5 Å². The minimum Gasteiger partial charge on any atom is -0.477 e. The standard InChI is InChI=1S/C32H40N2O9/c1-40-25(37)6-3-5-24(36)33-32-14-13-21(35)30-31(32)15-16-34(18-19-9-10-19)23(32)17-20-11-12-22(29(43-30)28(20)31)42-27(39)8-4-7-26(38)41-2/h11-12,19,23,30H,3-10,13-18H2,1-2H3,(H,33,36)/t23-,30?,31+,32-/m1/s1. The molecule has 1 saturated heterocycles. The molecule has 1 aromatic carbocycles. The van der Waals surface area contributed by atoms with Crippen LogP contribution in [0, 0.1) is 5.92 Å². The molecular formula is C32H40N2O9. The molecule has 6 rings (SSSR count). The van der Waals surface area contributed by atoms with Gasteiger partial charge in [0.15, 0.2) is 23.4 Å². The summed E-state index contributed by atoms with van der Waals surface area (Å²) in [5.41, 5.74) is 0.394. The maximum atomic E-state index is 13.6. The summed E-state index contributed by atoms with van der Waals surface area (Å²) in [5, 5.41) is 3.46. The van der Waals surface area contributed by atoms with Crippen molar-refractivity contribution in [2.75, 3.05) is 27.3 Å². The summed E-state index contributed by atoms with van der Waals surface area (Å²) >= 11 is 0. The number of carbonyl (C=O) groups excluding carboxylic acids is 5. The van der Waals surface area contributed by atoms with Gasteiger partial charge in [0, 0.05) is 50.3 Å². The molecule has 0 aromatic heterocycles. The summed E-state index contributed by atoms with van der Waals surface area (Å²) < 4.78 is 21.7. The van der Waals surface area contributed by atoms with Gasteiger partial charge in [-0.3, -0.25) is 28.9 Å². The molecule has 4 atom stereocenters. The maximum absolute atomic E-state index is 13.6. The first-order valence-corrected chi connectivity index (χ1v) is 15.5. The highest BCUT2D eigenvalue weighted by Gasteiger charge is 2.74. The van der Waals surface area contributed by atoms with E-state index in [0.29, 0.717) is 43.8 Å². The van der Waals surface area contributed by atoms with Gasteiger partial charge in [-0.05, 0) is 69.0 Å². The van der Waals surface area contributed by atoms with Gasteiger partial charge < -0.3 is 24.3 Å². The highest BCUT2D eigenvalue weighted by Crippen LogP contribution is 2.65. The first kappa shape index (κ1) is 29.6. The monoisotopic (exact) mass is 596 g/mol. The largest absolute Gasteiger partial charge is 0.477 e. The molecule has 5 aliphatic rings. The molecule has 1 N–H and O–H groups in total. The smallest absolute Gasteiger partial charge is 0.311 e. The molecule has 1 aromatic rings. The number of ether oxygens (including phenoxy) is 4. The second-order valence-electron chi connectivity index (χ2n) is 12.6. The van der Waals surface area contributed by atoms with E-state index in [0.717, 1.165) is 24.2 Å². The van der Waals surface area contributed by atoms with Crippen molar-refractivity contribution >= 4 is 29.6 Å². The Morgan fingerprint density at radius 2 is 1.67 bits per heavy atom. The molecule has 232 valence electrons. The fourth-order valence-corrected chi connectivity index (χ4v) is 8.09. The second-order valence-corrected chi connectivity index (χ2v) is 12.6. The van der Waals surface area contributed by atoms with Crippen LogP contribution in [0.1, 0.15) is 81.8 Å². The summed E-state index contributed by atoms with van der Waals surface area (Å²) in [6.45, 7) is 1.74. The predicted molar refractivity (Wildman–Crippen MR) is 151 cm³/mol. The quantitative estimate of drug-likeness (QED) is 0.283. The highest BCUT2D eigenvalue weighted by atomic mass is 16.6. The number of ketones is 1. The molecule has 1 spiro atoms.